The summed E-state index contributed by atoms with van der Waals surface area (Å²) in [5, 5.41) is 5.60. The molecule has 1 aliphatic heterocycles. The van der Waals surface area contributed by atoms with Crippen LogP contribution in [-0.4, -0.2) is 25.0 Å². The summed E-state index contributed by atoms with van der Waals surface area (Å²) >= 11 is 0. The van der Waals surface area contributed by atoms with Gasteiger partial charge in [-0.2, -0.15) is 0 Å². The van der Waals surface area contributed by atoms with Crippen LogP contribution in [0, 0.1) is 0 Å². The molecule has 0 atom stereocenters. The number of carbonyl (C=O) groups excluding carboxylic acids is 2. The monoisotopic (exact) mass is 276 g/mol. The molecule has 2 amide bonds. The van der Waals surface area contributed by atoms with E-state index in [9.17, 15) is 9.59 Å². The number of fused-ring (bicyclic) bond motifs is 1. The molecular formula is C15H20N2O3. The van der Waals surface area contributed by atoms with E-state index < -0.39 is 0 Å². The average Bonchev–Trinajstić information content (AvgIpc) is 2.45. The van der Waals surface area contributed by atoms with Crippen molar-refractivity contribution in [3.8, 4) is 5.75 Å². The number of hydrogen-bond acceptors (Lipinski definition) is 3. The van der Waals surface area contributed by atoms with Gasteiger partial charge in [0.05, 0.1) is 0 Å². The first-order valence-corrected chi connectivity index (χ1v) is 7.01. The van der Waals surface area contributed by atoms with Gasteiger partial charge in [-0.05, 0) is 24.5 Å². The Bertz CT molecular complexity index is 500. The number of hydrogen-bond donors (Lipinski definition) is 2. The summed E-state index contributed by atoms with van der Waals surface area (Å²) < 4.78 is 5.44. The quantitative estimate of drug-likeness (QED) is 0.779. The highest BCUT2D eigenvalue weighted by Gasteiger charge is 2.15. The summed E-state index contributed by atoms with van der Waals surface area (Å²) in [4.78, 5) is 22.9. The van der Waals surface area contributed by atoms with Gasteiger partial charge < -0.3 is 15.4 Å². The zero-order valence-electron chi connectivity index (χ0n) is 11.7. The summed E-state index contributed by atoms with van der Waals surface area (Å²) in [7, 11) is 0. The lowest BCUT2D eigenvalue weighted by atomic mass is 10.0. The molecule has 0 saturated carbocycles. The van der Waals surface area contributed by atoms with Crippen molar-refractivity contribution >= 4 is 17.5 Å². The van der Waals surface area contributed by atoms with E-state index in [1.807, 2.05) is 12.1 Å². The molecule has 0 bridgehead atoms. The van der Waals surface area contributed by atoms with Crippen molar-refractivity contribution in [1.82, 2.24) is 5.32 Å². The average molecular weight is 276 g/mol. The molecule has 1 aromatic rings. The Labute approximate surface area is 118 Å². The maximum atomic E-state index is 11.5. The molecule has 0 fully saturated rings. The van der Waals surface area contributed by atoms with E-state index in [-0.39, 0.29) is 18.4 Å². The van der Waals surface area contributed by atoms with Crippen LogP contribution >= 0.6 is 0 Å². The second-order valence-electron chi connectivity index (χ2n) is 4.86. The summed E-state index contributed by atoms with van der Waals surface area (Å²) in [6.07, 6.45) is 3.29. The first-order valence-electron chi connectivity index (χ1n) is 7.01. The number of nitrogens with one attached hydrogen (secondary N) is 2. The number of anilines is 1. The number of rotatable bonds is 6. The third kappa shape index (κ3) is 3.98. The predicted molar refractivity (Wildman–Crippen MR) is 76.8 cm³/mol. The van der Waals surface area contributed by atoms with Crippen LogP contribution in [0.25, 0.3) is 0 Å². The fraction of sp³-hybridized carbons (Fsp3) is 0.467. The molecule has 1 aliphatic rings. The number of carbonyl (C=O) groups is 2. The molecule has 1 heterocycles. The zero-order valence-corrected chi connectivity index (χ0v) is 11.7. The van der Waals surface area contributed by atoms with E-state index in [4.69, 9.17) is 4.74 Å². The Hall–Kier alpha value is -2.04. The molecule has 5 heteroatoms. The fourth-order valence-corrected chi connectivity index (χ4v) is 2.05. The minimum atomic E-state index is -0.125. The predicted octanol–water partition coefficient (Wildman–Crippen LogP) is 1.87. The van der Waals surface area contributed by atoms with Crippen LogP contribution in [-0.2, 0) is 16.0 Å². The third-order valence-corrected chi connectivity index (χ3v) is 3.20. The first-order chi connectivity index (χ1) is 9.69. The van der Waals surface area contributed by atoms with E-state index >= 15 is 0 Å². The summed E-state index contributed by atoms with van der Waals surface area (Å²) in [6, 6.07) is 5.53. The van der Waals surface area contributed by atoms with Gasteiger partial charge in [0.1, 0.15) is 5.75 Å². The van der Waals surface area contributed by atoms with Crippen LogP contribution in [0.4, 0.5) is 5.69 Å². The molecule has 20 heavy (non-hydrogen) atoms. The van der Waals surface area contributed by atoms with Gasteiger partial charge in [0, 0.05) is 24.7 Å². The topological polar surface area (TPSA) is 67.4 Å². The molecule has 2 rings (SSSR count). The van der Waals surface area contributed by atoms with Crippen LogP contribution in [0.15, 0.2) is 18.2 Å². The van der Waals surface area contributed by atoms with Crippen molar-refractivity contribution in [3.05, 3.63) is 23.8 Å². The number of aryl methyl sites for hydroxylation is 1. The molecule has 0 unspecified atom stereocenters. The summed E-state index contributed by atoms with van der Waals surface area (Å²) in [5.74, 6) is 0.490. The van der Waals surface area contributed by atoms with Crippen molar-refractivity contribution < 1.29 is 14.3 Å². The van der Waals surface area contributed by atoms with E-state index in [0.717, 1.165) is 30.5 Å². The SMILES string of the molecule is CCCCNC(=O)COc1ccc2c(c1)NC(=O)CC2. The first kappa shape index (κ1) is 14.4. The normalized spacial score (nSPS) is 13.3. The second kappa shape index (κ2) is 6.93. The van der Waals surface area contributed by atoms with Crippen LogP contribution in [0.2, 0.25) is 0 Å². The highest BCUT2D eigenvalue weighted by atomic mass is 16.5. The Kier molecular flexibility index (Phi) is 4.98. The van der Waals surface area contributed by atoms with Gasteiger partial charge in [-0.25, -0.2) is 0 Å². The van der Waals surface area contributed by atoms with Crippen molar-refractivity contribution in [2.75, 3.05) is 18.5 Å². The highest BCUT2D eigenvalue weighted by molar-refractivity contribution is 5.94. The molecular weight excluding hydrogens is 256 g/mol. The maximum absolute atomic E-state index is 11.5. The van der Waals surface area contributed by atoms with E-state index in [1.165, 1.54) is 0 Å². The van der Waals surface area contributed by atoms with Gasteiger partial charge >= 0.3 is 0 Å². The fourth-order valence-electron chi connectivity index (χ4n) is 2.05. The highest BCUT2D eigenvalue weighted by Crippen LogP contribution is 2.26. The molecule has 1 aromatic carbocycles. The molecule has 2 N–H and O–H groups in total. The Balaban J connectivity index is 1.86. The van der Waals surface area contributed by atoms with E-state index in [1.54, 1.807) is 6.07 Å². The molecule has 108 valence electrons. The molecule has 0 radical (unpaired) electrons. The molecule has 0 spiro atoms. The van der Waals surface area contributed by atoms with Crippen molar-refractivity contribution in [2.45, 2.75) is 32.6 Å². The largest absolute Gasteiger partial charge is 0.484 e. The van der Waals surface area contributed by atoms with Crippen LogP contribution in [0.3, 0.4) is 0 Å². The Morgan fingerprint density at radius 1 is 1.40 bits per heavy atom. The van der Waals surface area contributed by atoms with Gasteiger partial charge in [0.2, 0.25) is 5.91 Å². The zero-order chi connectivity index (χ0) is 14.4. The Morgan fingerprint density at radius 3 is 3.05 bits per heavy atom. The molecule has 0 aromatic heterocycles. The van der Waals surface area contributed by atoms with Crippen molar-refractivity contribution in [3.63, 3.8) is 0 Å². The van der Waals surface area contributed by atoms with Crippen LogP contribution in [0.1, 0.15) is 31.7 Å². The lowest BCUT2D eigenvalue weighted by molar-refractivity contribution is -0.123. The van der Waals surface area contributed by atoms with Gasteiger partial charge in [-0.15, -0.1) is 0 Å². The number of ether oxygens (including phenoxy) is 1. The lowest BCUT2D eigenvalue weighted by Crippen LogP contribution is -2.29. The van der Waals surface area contributed by atoms with Gasteiger partial charge in [0.25, 0.3) is 5.91 Å². The molecule has 5 nitrogen and oxygen atoms in total. The Morgan fingerprint density at radius 2 is 2.25 bits per heavy atom. The number of benzene rings is 1. The van der Waals surface area contributed by atoms with E-state index in [0.29, 0.717) is 18.7 Å². The maximum Gasteiger partial charge on any atom is 0.257 e. The standard InChI is InChI=1S/C15H20N2O3/c1-2-3-8-16-15(19)10-20-12-6-4-11-5-7-14(18)17-13(11)9-12/h4,6,9H,2-3,5,7-8,10H2,1H3,(H,16,19)(H,17,18). The third-order valence-electron chi connectivity index (χ3n) is 3.20. The smallest absolute Gasteiger partial charge is 0.257 e. The van der Waals surface area contributed by atoms with Crippen molar-refractivity contribution in [2.24, 2.45) is 0 Å². The minimum absolute atomic E-state index is 0.00352. The second-order valence-corrected chi connectivity index (χ2v) is 4.86. The van der Waals surface area contributed by atoms with Gasteiger partial charge in [0.15, 0.2) is 6.61 Å². The molecule has 0 aliphatic carbocycles. The molecule has 0 saturated heterocycles. The summed E-state index contributed by atoms with van der Waals surface area (Å²) in [5.41, 5.74) is 1.88. The van der Waals surface area contributed by atoms with E-state index in [2.05, 4.69) is 17.6 Å². The van der Waals surface area contributed by atoms with Gasteiger partial charge in [-0.3, -0.25) is 9.59 Å². The van der Waals surface area contributed by atoms with Gasteiger partial charge in [-0.1, -0.05) is 19.4 Å². The number of unbranched alkanes of at least 4 members (excludes halogenated alkanes) is 1. The van der Waals surface area contributed by atoms with Crippen LogP contribution in [0.5, 0.6) is 5.75 Å². The van der Waals surface area contributed by atoms with Crippen molar-refractivity contribution in [1.29, 1.82) is 0 Å². The lowest BCUT2D eigenvalue weighted by Gasteiger charge is -2.17. The minimum Gasteiger partial charge on any atom is -0.484 e. The van der Waals surface area contributed by atoms with Crippen LogP contribution < -0.4 is 15.4 Å². The number of amides is 2. The summed E-state index contributed by atoms with van der Waals surface area (Å²) in [6.45, 7) is 2.75.